The van der Waals surface area contributed by atoms with E-state index in [0.717, 1.165) is 6.07 Å². The largest absolute Gasteiger partial charge is 0.457 e. The maximum absolute atomic E-state index is 13.7. The molecule has 0 aromatic heterocycles. The number of hydrogen-bond donors (Lipinski definition) is 0. The Morgan fingerprint density at radius 1 is 1.43 bits per heavy atom. The molecule has 0 saturated heterocycles. The Kier molecular flexibility index (Phi) is 6.40. The van der Waals surface area contributed by atoms with Crippen LogP contribution in [0.15, 0.2) is 17.0 Å². The lowest BCUT2D eigenvalue weighted by atomic mass is 10.2. The molecule has 0 fully saturated rings. The van der Waals surface area contributed by atoms with Crippen LogP contribution in [0.5, 0.6) is 0 Å². The maximum atomic E-state index is 13.7. The molecule has 1 aromatic carbocycles. The third-order valence-corrected chi connectivity index (χ3v) is 4.16. The minimum absolute atomic E-state index is 0.137. The molecule has 1 unspecified atom stereocenters. The predicted octanol–water partition coefficient (Wildman–Crippen LogP) is 2.99. The van der Waals surface area contributed by atoms with Gasteiger partial charge in [-0.25, -0.2) is 17.6 Å². The van der Waals surface area contributed by atoms with Gasteiger partial charge in [-0.05, 0) is 26.0 Å². The first-order valence-corrected chi connectivity index (χ1v) is 8.58. The van der Waals surface area contributed by atoms with Gasteiger partial charge >= 0.3 is 5.97 Å². The highest BCUT2D eigenvalue weighted by molar-refractivity contribution is 8.13. The van der Waals surface area contributed by atoms with Gasteiger partial charge in [-0.1, -0.05) is 11.6 Å². The van der Waals surface area contributed by atoms with Crippen molar-refractivity contribution in [3.8, 4) is 0 Å². The summed E-state index contributed by atoms with van der Waals surface area (Å²) < 4.78 is 46.3. The molecule has 1 aromatic rings. The van der Waals surface area contributed by atoms with Crippen molar-refractivity contribution in [3.63, 3.8) is 0 Å². The molecule has 0 N–H and O–H groups in total. The molecule has 0 aliphatic rings. The molecule has 1 atom stereocenters. The van der Waals surface area contributed by atoms with Crippen LogP contribution in [0.3, 0.4) is 0 Å². The SMILES string of the molecule is CCOCC(C)OC(=O)c1cc(S(=O)(=O)Cl)c(Cl)cc1F. The van der Waals surface area contributed by atoms with Gasteiger partial charge in [-0.3, -0.25) is 0 Å². The van der Waals surface area contributed by atoms with Crippen molar-refractivity contribution < 1.29 is 27.1 Å². The van der Waals surface area contributed by atoms with Crippen molar-refractivity contribution in [1.82, 2.24) is 0 Å². The second-order valence-electron chi connectivity index (χ2n) is 4.08. The van der Waals surface area contributed by atoms with Crippen molar-refractivity contribution >= 4 is 37.3 Å². The van der Waals surface area contributed by atoms with E-state index in [1.807, 2.05) is 0 Å². The van der Waals surface area contributed by atoms with Gasteiger partial charge in [0.15, 0.2) is 0 Å². The van der Waals surface area contributed by atoms with E-state index in [1.54, 1.807) is 13.8 Å². The fourth-order valence-electron chi connectivity index (χ4n) is 1.44. The summed E-state index contributed by atoms with van der Waals surface area (Å²) in [6, 6.07) is 1.44. The average Bonchev–Trinajstić information content (AvgIpc) is 2.34. The van der Waals surface area contributed by atoms with Crippen LogP contribution in [0.4, 0.5) is 4.39 Å². The Balaban J connectivity index is 3.05. The highest BCUT2D eigenvalue weighted by Gasteiger charge is 2.23. The van der Waals surface area contributed by atoms with Gasteiger partial charge in [0.2, 0.25) is 0 Å². The normalized spacial score (nSPS) is 13.0. The van der Waals surface area contributed by atoms with E-state index in [2.05, 4.69) is 0 Å². The number of rotatable bonds is 6. The number of carbonyl (C=O) groups excluding carboxylic acids is 1. The third-order valence-electron chi connectivity index (χ3n) is 2.37. The van der Waals surface area contributed by atoms with Crippen molar-refractivity contribution in [3.05, 3.63) is 28.5 Å². The molecule has 0 aliphatic heterocycles. The summed E-state index contributed by atoms with van der Waals surface area (Å²) >= 11 is 5.59. The molecule has 0 spiro atoms. The number of esters is 1. The summed E-state index contributed by atoms with van der Waals surface area (Å²) in [6.07, 6.45) is -0.622. The zero-order chi connectivity index (χ0) is 16.2. The molecule has 0 heterocycles. The summed E-state index contributed by atoms with van der Waals surface area (Å²) in [4.78, 5) is 11.3. The quantitative estimate of drug-likeness (QED) is 0.577. The number of hydrogen-bond acceptors (Lipinski definition) is 5. The number of carbonyl (C=O) groups is 1. The Bertz CT molecular complexity index is 633. The third kappa shape index (κ3) is 5.10. The van der Waals surface area contributed by atoms with E-state index in [4.69, 9.17) is 31.8 Å². The Morgan fingerprint density at radius 2 is 2.05 bits per heavy atom. The number of ether oxygens (including phenoxy) is 2. The molecule has 21 heavy (non-hydrogen) atoms. The monoisotopic (exact) mass is 358 g/mol. The van der Waals surface area contributed by atoms with Gasteiger partial charge in [0.25, 0.3) is 9.05 Å². The second kappa shape index (κ2) is 7.40. The van der Waals surface area contributed by atoms with Gasteiger partial charge < -0.3 is 9.47 Å². The first kappa shape index (κ1) is 18.2. The Hall–Kier alpha value is -0.890. The Labute approximate surface area is 131 Å². The van der Waals surface area contributed by atoms with Crippen LogP contribution in [0.25, 0.3) is 0 Å². The van der Waals surface area contributed by atoms with Gasteiger partial charge in [-0.2, -0.15) is 0 Å². The van der Waals surface area contributed by atoms with Gasteiger partial charge in [0.1, 0.15) is 16.8 Å². The maximum Gasteiger partial charge on any atom is 0.341 e. The van der Waals surface area contributed by atoms with E-state index in [9.17, 15) is 17.6 Å². The zero-order valence-electron chi connectivity index (χ0n) is 11.2. The molecule has 0 saturated carbocycles. The van der Waals surface area contributed by atoms with E-state index in [-0.39, 0.29) is 6.61 Å². The van der Waals surface area contributed by atoms with Crippen LogP contribution in [-0.2, 0) is 18.5 Å². The smallest absolute Gasteiger partial charge is 0.341 e. The minimum atomic E-state index is -4.21. The first-order chi connectivity index (χ1) is 9.66. The van der Waals surface area contributed by atoms with Crippen molar-refractivity contribution in [2.75, 3.05) is 13.2 Å². The summed E-state index contributed by atoms with van der Waals surface area (Å²) in [5, 5.41) is -0.415. The van der Waals surface area contributed by atoms with E-state index in [0.29, 0.717) is 12.7 Å². The number of halogens is 3. The Morgan fingerprint density at radius 3 is 2.57 bits per heavy atom. The van der Waals surface area contributed by atoms with Crippen LogP contribution in [0, 0.1) is 5.82 Å². The summed E-state index contributed by atoms with van der Waals surface area (Å²) in [7, 11) is 0.953. The van der Waals surface area contributed by atoms with Gasteiger partial charge in [0, 0.05) is 17.3 Å². The zero-order valence-corrected chi connectivity index (χ0v) is 13.6. The molecule has 0 aliphatic carbocycles. The standard InChI is InChI=1S/C12H13Cl2FO5S/c1-3-19-6-7(2)20-12(16)8-4-11(21(14,17)18)9(13)5-10(8)15/h4-5,7H,3,6H2,1-2H3. The molecule has 0 bridgehead atoms. The lowest BCUT2D eigenvalue weighted by Crippen LogP contribution is -2.21. The molecule has 0 radical (unpaired) electrons. The fourth-order valence-corrected chi connectivity index (χ4v) is 2.94. The average molecular weight is 359 g/mol. The molecule has 9 heteroatoms. The van der Waals surface area contributed by atoms with E-state index in [1.165, 1.54) is 0 Å². The summed E-state index contributed by atoms with van der Waals surface area (Å²) in [5.41, 5.74) is -0.568. The summed E-state index contributed by atoms with van der Waals surface area (Å²) in [5.74, 6) is -2.03. The van der Waals surface area contributed by atoms with Gasteiger partial charge in [-0.15, -0.1) is 0 Å². The predicted molar refractivity (Wildman–Crippen MR) is 75.8 cm³/mol. The van der Waals surface area contributed by atoms with Crippen LogP contribution in [0.1, 0.15) is 24.2 Å². The lowest BCUT2D eigenvalue weighted by molar-refractivity contribution is 0.00398. The van der Waals surface area contributed by atoms with Gasteiger partial charge in [0.05, 0.1) is 17.2 Å². The summed E-state index contributed by atoms with van der Waals surface area (Å²) in [6.45, 7) is 3.90. The van der Waals surface area contributed by atoms with Crippen LogP contribution < -0.4 is 0 Å². The molecule has 5 nitrogen and oxygen atoms in total. The lowest BCUT2D eigenvalue weighted by Gasteiger charge is -2.14. The molecule has 1 rings (SSSR count). The highest BCUT2D eigenvalue weighted by Crippen LogP contribution is 2.28. The van der Waals surface area contributed by atoms with Crippen molar-refractivity contribution in [1.29, 1.82) is 0 Å². The van der Waals surface area contributed by atoms with E-state index >= 15 is 0 Å². The number of benzene rings is 1. The molecule has 0 amide bonds. The van der Waals surface area contributed by atoms with Crippen molar-refractivity contribution in [2.24, 2.45) is 0 Å². The first-order valence-electron chi connectivity index (χ1n) is 5.89. The van der Waals surface area contributed by atoms with Crippen LogP contribution >= 0.6 is 22.3 Å². The molecular weight excluding hydrogens is 346 g/mol. The topological polar surface area (TPSA) is 69.7 Å². The highest BCUT2D eigenvalue weighted by atomic mass is 35.7. The van der Waals surface area contributed by atoms with Crippen molar-refractivity contribution in [2.45, 2.75) is 24.8 Å². The second-order valence-corrected chi connectivity index (χ2v) is 7.02. The van der Waals surface area contributed by atoms with E-state index < -0.39 is 42.4 Å². The van der Waals surface area contributed by atoms with Crippen LogP contribution in [-0.4, -0.2) is 33.7 Å². The molecular formula is C12H13Cl2FO5S. The van der Waals surface area contributed by atoms with Crippen LogP contribution in [0.2, 0.25) is 5.02 Å². The molecule has 118 valence electrons. The minimum Gasteiger partial charge on any atom is -0.457 e. The fraction of sp³-hybridized carbons (Fsp3) is 0.417.